The largest absolute Gasteiger partial charge is 0.297 e. The van der Waals surface area contributed by atoms with Gasteiger partial charge in [0.05, 0.1) is 17.4 Å². The van der Waals surface area contributed by atoms with Gasteiger partial charge in [0, 0.05) is 43.8 Å². The number of benzene rings is 1. The lowest BCUT2D eigenvalue weighted by Gasteiger charge is -2.38. The highest BCUT2D eigenvalue weighted by Crippen LogP contribution is 2.40. The van der Waals surface area contributed by atoms with Crippen LogP contribution in [-0.4, -0.2) is 43.9 Å². The maximum Gasteiger partial charge on any atom is 0.186 e. The van der Waals surface area contributed by atoms with Gasteiger partial charge in [-0.25, -0.2) is 4.39 Å². The maximum absolute atomic E-state index is 14.7. The van der Waals surface area contributed by atoms with Crippen LogP contribution in [0.4, 0.5) is 4.39 Å². The molecule has 2 aliphatic rings. The van der Waals surface area contributed by atoms with Crippen molar-refractivity contribution in [1.82, 2.24) is 14.7 Å². The minimum atomic E-state index is -0.589. The Labute approximate surface area is 198 Å². The van der Waals surface area contributed by atoms with Crippen LogP contribution >= 0.6 is 24.2 Å². The molecule has 2 atom stereocenters. The summed E-state index contributed by atoms with van der Waals surface area (Å²) in [6.45, 7) is 4.69. The molecule has 0 bridgehead atoms. The molecule has 2 aromatic rings. The molecular weight excluding hydrogens is 449 g/mol. The van der Waals surface area contributed by atoms with E-state index in [-0.39, 0.29) is 40.3 Å². The molecule has 4 rings (SSSR count). The molecule has 1 aromatic heterocycles. The summed E-state index contributed by atoms with van der Waals surface area (Å²) in [7, 11) is 1.89. The predicted molar refractivity (Wildman–Crippen MR) is 128 cm³/mol. The number of aromatic nitrogens is 2. The highest BCUT2D eigenvalue weighted by atomic mass is 35.5. The smallest absolute Gasteiger partial charge is 0.186 e. The van der Waals surface area contributed by atoms with Gasteiger partial charge in [-0.2, -0.15) is 5.10 Å². The van der Waals surface area contributed by atoms with Crippen LogP contribution in [0.3, 0.4) is 0 Å². The Balaban J connectivity index is 0.00000289. The summed E-state index contributed by atoms with van der Waals surface area (Å²) in [5, 5.41) is 4.53. The molecule has 2 heterocycles. The van der Waals surface area contributed by atoms with Gasteiger partial charge in [0.25, 0.3) is 0 Å². The molecule has 0 N–H and O–H groups in total. The second-order valence-electron chi connectivity index (χ2n) is 8.51. The lowest BCUT2D eigenvalue weighted by atomic mass is 9.93. The van der Waals surface area contributed by atoms with Crippen LogP contribution in [0, 0.1) is 18.7 Å². The van der Waals surface area contributed by atoms with E-state index in [2.05, 4.69) is 16.1 Å². The Morgan fingerprint density at radius 2 is 1.97 bits per heavy atom. The maximum atomic E-state index is 14.7. The van der Waals surface area contributed by atoms with Crippen molar-refractivity contribution >= 4 is 41.1 Å². The average Bonchev–Trinajstić information content (AvgIpc) is 3.51. The standard InChI is InChI=1S/C24H28FN3O2S.ClH/c1-15-12-19(27(3)26-15)13-18-14-28(11-10-22(18)31-16(2)29)23(24(30)17-8-9-17)20-6-4-5-7-21(20)25;/h4-7,12-13,17,22-23H,8-11,14H2,1-3H3;1H/b18-13+;. The van der Waals surface area contributed by atoms with E-state index in [4.69, 9.17) is 0 Å². The summed E-state index contributed by atoms with van der Waals surface area (Å²) in [5.41, 5.74) is 3.40. The number of carbonyl (C=O) groups is 2. The molecule has 5 nitrogen and oxygen atoms in total. The Hall–Kier alpha value is -1.96. The zero-order valence-electron chi connectivity index (χ0n) is 18.6. The van der Waals surface area contributed by atoms with E-state index in [1.54, 1.807) is 25.1 Å². The van der Waals surface area contributed by atoms with Gasteiger partial charge < -0.3 is 0 Å². The molecule has 0 spiro atoms. The van der Waals surface area contributed by atoms with Gasteiger partial charge in [-0.15, -0.1) is 12.4 Å². The molecule has 32 heavy (non-hydrogen) atoms. The Morgan fingerprint density at radius 1 is 1.25 bits per heavy atom. The van der Waals surface area contributed by atoms with Crippen molar-refractivity contribution in [1.29, 1.82) is 0 Å². The summed E-state index contributed by atoms with van der Waals surface area (Å²) in [6.07, 6.45) is 4.58. The lowest BCUT2D eigenvalue weighted by Crippen LogP contribution is -2.43. The second kappa shape index (κ2) is 10.3. The van der Waals surface area contributed by atoms with Crippen molar-refractivity contribution in [2.75, 3.05) is 13.1 Å². The summed E-state index contributed by atoms with van der Waals surface area (Å²) in [5.74, 6) is -0.200. The topological polar surface area (TPSA) is 55.2 Å². The summed E-state index contributed by atoms with van der Waals surface area (Å²) in [6, 6.07) is 8.02. The van der Waals surface area contributed by atoms with Gasteiger partial charge in [0.2, 0.25) is 0 Å². The fraction of sp³-hybridized carbons (Fsp3) is 0.458. The van der Waals surface area contributed by atoms with Gasteiger partial charge in [-0.05, 0) is 50.0 Å². The molecule has 1 aliphatic heterocycles. The first-order chi connectivity index (χ1) is 14.8. The first-order valence-electron chi connectivity index (χ1n) is 10.7. The number of nitrogens with zero attached hydrogens (tertiary/aromatic N) is 3. The number of hydrogen-bond acceptors (Lipinski definition) is 5. The van der Waals surface area contributed by atoms with E-state index in [1.807, 2.05) is 24.7 Å². The zero-order valence-corrected chi connectivity index (χ0v) is 20.2. The number of ketones is 1. The summed E-state index contributed by atoms with van der Waals surface area (Å²) in [4.78, 5) is 27.2. The molecule has 1 aromatic carbocycles. The van der Waals surface area contributed by atoms with Crippen molar-refractivity contribution in [3.8, 4) is 0 Å². The van der Waals surface area contributed by atoms with E-state index < -0.39 is 6.04 Å². The SMILES string of the molecule is CC(=O)SC1CCN(C(C(=O)C2CC2)c2ccccc2F)C/C1=C\c1cc(C)nn1C.Cl. The van der Waals surface area contributed by atoms with Crippen LogP contribution in [0.1, 0.15) is 49.2 Å². The van der Waals surface area contributed by atoms with Gasteiger partial charge in [0.1, 0.15) is 5.82 Å². The number of Topliss-reactive ketones (excluding diaryl/α,β-unsaturated/α-hetero) is 1. The molecule has 8 heteroatoms. The number of aryl methyl sites for hydroxylation is 2. The second-order valence-corrected chi connectivity index (χ2v) is 9.89. The fourth-order valence-corrected chi connectivity index (χ4v) is 5.27. The number of carbonyl (C=O) groups excluding carboxylic acids is 2. The Kier molecular flexibility index (Phi) is 7.96. The molecular formula is C24H29ClFN3O2S. The van der Waals surface area contributed by atoms with Gasteiger partial charge >= 0.3 is 0 Å². The number of rotatable bonds is 6. The van der Waals surface area contributed by atoms with Crippen LogP contribution < -0.4 is 0 Å². The number of thioether (sulfide) groups is 1. The molecule has 0 amide bonds. The average molecular weight is 478 g/mol. The van der Waals surface area contributed by atoms with Crippen LogP contribution in [0.25, 0.3) is 6.08 Å². The fourth-order valence-electron chi connectivity index (χ4n) is 4.35. The van der Waals surface area contributed by atoms with E-state index in [0.29, 0.717) is 18.7 Å². The third-order valence-electron chi connectivity index (χ3n) is 5.97. The number of halogens is 2. The van der Waals surface area contributed by atoms with Crippen LogP contribution in [0.15, 0.2) is 35.9 Å². The van der Waals surface area contributed by atoms with E-state index >= 15 is 0 Å². The van der Waals surface area contributed by atoms with Gasteiger partial charge in [-0.1, -0.05) is 30.0 Å². The first-order valence-corrected chi connectivity index (χ1v) is 11.6. The zero-order chi connectivity index (χ0) is 22.1. The van der Waals surface area contributed by atoms with Gasteiger partial charge in [0.15, 0.2) is 10.9 Å². The number of hydrogen-bond donors (Lipinski definition) is 0. The quantitative estimate of drug-likeness (QED) is 0.601. The Bertz CT molecular complexity index is 1030. The summed E-state index contributed by atoms with van der Waals surface area (Å²) >= 11 is 1.33. The van der Waals surface area contributed by atoms with E-state index in [9.17, 15) is 14.0 Å². The highest BCUT2D eigenvalue weighted by Gasteiger charge is 2.41. The summed E-state index contributed by atoms with van der Waals surface area (Å²) < 4.78 is 16.6. The minimum absolute atomic E-state index is 0. The monoisotopic (exact) mass is 477 g/mol. The van der Waals surface area contributed by atoms with Crippen molar-refractivity contribution in [2.24, 2.45) is 13.0 Å². The van der Waals surface area contributed by atoms with E-state index in [1.165, 1.54) is 17.8 Å². The van der Waals surface area contributed by atoms with Crippen molar-refractivity contribution in [3.05, 3.63) is 58.7 Å². The van der Waals surface area contributed by atoms with Crippen molar-refractivity contribution < 1.29 is 14.0 Å². The third kappa shape index (κ3) is 5.50. The van der Waals surface area contributed by atoms with Crippen LogP contribution in [-0.2, 0) is 16.6 Å². The molecule has 1 aliphatic carbocycles. The van der Waals surface area contributed by atoms with E-state index in [0.717, 1.165) is 36.2 Å². The number of piperidine rings is 1. The molecule has 1 saturated carbocycles. The minimum Gasteiger partial charge on any atom is -0.297 e. The third-order valence-corrected chi connectivity index (χ3v) is 7.13. The van der Waals surface area contributed by atoms with Crippen molar-refractivity contribution in [2.45, 2.75) is 44.4 Å². The van der Waals surface area contributed by atoms with Crippen LogP contribution in [0.5, 0.6) is 0 Å². The molecule has 172 valence electrons. The van der Waals surface area contributed by atoms with Gasteiger partial charge in [-0.3, -0.25) is 19.2 Å². The predicted octanol–water partition coefficient (Wildman–Crippen LogP) is 4.75. The van der Waals surface area contributed by atoms with Crippen molar-refractivity contribution in [3.63, 3.8) is 0 Å². The first kappa shape index (κ1) is 24.7. The normalized spacial score (nSPS) is 21.2. The number of likely N-dealkylation sites (tertiary alicyclic amines) is 1. The molecule has 1 saturated heterocycles. The molecule has 0 radical (unpaired) electrons. The molecule has 2 unspecified atom stereocenters. The lowest BCUT2D eigenvalue weighted by molar-refractivity contribution is -0.126. The Morgan fingerprint density at radius 3 is 2.56 bits per heavy atom. The highest BCUT2D eigenvalue weighted by molar-refractivity contribution is 8.14. The van der Waals surface area contributed by atoms with Crippen LogP contribution in [0.2, 0.25) is 0 Å². The molecule has 2 fully saturated rings.